The van der Waals surface area contributed by atoms with E-state index in [1.54, 1.807) is 7.05 Å². The molecule has 0 saturated carbocycles. The van der Waals surface area contributed by atoms with Crippen LogP contribution in [0.15, 0.2) is 29.3 Å². The smallest absolute Gasteiger partial charge is 0.191 e. The van der Waals surface area contributed by atoms with Crippen LogP contribution in [0, 0.1) is 0 Å². The lowest BCUT2D eigenvalue weighted by molar-refractivity contribution is 0.402. The minimum Gasteiger partial charge on any atom is -0.354 e. The molecule has 0 atom stereocenters. The van der Waals surface area contributed by atoms with E-state index >= 15 is 0 Å². The fraction of sp³-hybridized carbons (Fsp3) is 0.533. The normalized spacial score (nSPS) is 12.1. The number of nitrogens with one attached hydrogen (secondary N) is 2. The molecule has 0 aromatic heterocycles. The highest BCUT2D eigenvalue weighted by Gasteiger charge is 2.01. The Kier molecular flexibility index (Phi) is 6.36. The van der Waals surface area contributed by atoms with Crippen LogP contribution < -0.4 is 10.6 Å². The van der Waals surface area contributed by atoms with Crippen molar-refractivity contribution in [3.63, 3.8) is 0 Å². The van der Waals surface area contributed by atoms with Crippen LogP contribution in [0.5, 0.6) is 0 Å². The van der Waals surface area contributed by atoms with Crippen molar-refractivity contribution in [3.8, 4) is 0 Å². The van der Waals surface area contributed by atoms with E-state index in [0.29, 0.717) is 6.04 Å². The van der Waals surface area contributed by atoms with Crippen LogP contribution in [0.2, 0.25) is 0 Å². The Bertz CT molecular complexity index is 410. The molecule has 0 saturated heterocycles. The maximum absolute atomic E-state index is 4.20. The number of nitrogens with zero attached hydrogens (tertiary/aromatic N) is 2. The zero-order chi connectivity index (χ0) is 14.3. The molecule has 0 unspecified atom stereocenters. The Hall–Kier alpha value is -1.55. The maximum Gasteiger partial charge on any atom is 0.191 e. The Balaban J connectivity index is 2.57. The number of rotatable bonds is 5. The summed E-state index contributed by atoms with van der Waals surface area (Å²) in [6.07, 6.45) is 0. The van der Waals surface area contributed by atoms with Gasteiger partial charge in [-0.05, 0) is 39.1 Å². The number of guanidine groups is 1. The molecule has 0 fully saturated rings. The van der Waals surface area contributed by atoms with Crippen molar-refractivity contribution in [1.29, 1.82) is 0 Å². The topological polar surface area (TPSA) is 39.7 Å². The maximum atomic E-state index is 4.20. The highest BCUT2D eigenvalue weighted by atomic mass is 15.2. The molecule has 0 radical (unpaired) electrons. The fourth-order valence-electron chi connectivity index (χ4n) is 1.86. The third-order valence-corrected chi connectivity index (χ3v) is 2.60. The molecule has 0 aliphatic heterocycles. The molecular formula is C15H26N4. The van der Waals surface area contributed by atoms with Crippen molar-refractivity contribution < 1.29 is 0 Å². The Morgan fingerprint density at radius 1 is 1.26 bits per heavy atom. The van der Waals surface area contributed by atoms with Crippen LogP contribution in [0.25, 0.3) is 0 Å². The number of hydrogen-bond acceptors (Lipinski definition) is 2. The highest BCUT2D eigenvalue weighted by Crippen LogP contribution is 2.06. The summed E-state index contributed by atoms with van der Waals surface area (Å²) >= 11 is 0. The third kappa shape index (κ3) is 6.25. The largest absolute Gasteiger partial charge is 0.354 e. The average molecular weight is 262 g/mol. The minimum absolute atomic E-state index is 0.381. The van der Waals surface area contributed by atoms with Crippen molar-refractivity contribution >= 4 is 5.96 Å². The van der Waals surface area contributed by atoms with E-state index in [0.717, 1.165) is 19.0 Å². The zero-order valence-corrected chi connectivity index (χ0v) is 12.7. The quantitative estimate of drug-likeness (QED) is 0.628. The van der Waals surface area contributed by atoms with Crippen molar-refractivity contribution in [2.45, 2.75) is 33.0 Å². The molecule has 4 nitrogen and oxygen atoms in total. The molecule has 1 aromatic carbocycles. The van der Waals surface area contributed by atoms with E-state index < -0.39 is 0 Å². The molecule has 0 spiro atoms. The molecule has 4 heteroatoms. The van der Waals surface area contributed by atoms with Gasteiger partial charge in [0.05, 0.1) is 0 Å². The van der Waals surface area contributed by atoms with Crippen molar-refractivity contribution in [3.05, 3.63) is 35.4 Å². The van der Waals surface area contributed by atoms with Gasteiger partial charge in [0.2, 0.25) is 0 Å². The van der Waals surface area contributed by atoms with E-state index in [9.17, 15) is 0 Å². The predicted octanol–water partition coefficient (Wildman–Crippen LogP) is 1.82. The molecule has 106 valence electrons. The third-order valence-electron chi connectivity index (χ3n) is 2.60. The molecule has 1 aromatic rings. The van der Waals surface area contributed by atoms with Crippen molar-refractivity contribution in [2.75, 3.05) is 21.1 Å². The van der Waals surface area contributed by atoms with Gasteiger partial charge < -0.3 is 15.5 Å². The molecule has 1 rings (SSSR count). The summed E-state index contributed by atoms with van der Waals surface area (Å²) in [5, 5.41) is 6.60. The minimum atomic E-state index is 0.381. The van der Waals surface area contributed by atoms with E-state index in [1.165, 1.54) is 11.1 Å². The van der Waals surface area contributed by atoms with Gasteiger partial charge in [-0.1, -0.05) is 24.3 Å². The Morgan fingerprint density at radius 3 is 2.53 bits per heavy atom. The molecule has 19 heavy (non-hydrogen) atoms. The van der Waals surface area contributed by atoms with Gasteiger partial charge in [0.25, 0.3) is 0 Å². The number of benzene rings is 1. The lowest BCUT2D eigenvalue weighted by atomic mass is 10.1. The second-order valence-corrected chi connectivity index (χ2v) is 5.28. The molecule has 0 amide bonds. The summed E-state index contributed by atoms with van der Waals surface area (Å²) in [4.78, 5) is 6.37. The summed E-state index contributed by atoms with van der Waals surface area (Å²) < 4.78 is 0. The lowest BCUT2D eigenvalue weighted by Crippen LogP contribution is -2.40. The van der Waals surface area contributed by atoms with Gasteiger partial charge in [-0.15, -0.1) is 0 Å². The van der Waals surface area contributed by atoms with Crippen molar-refractivity contribution in [2.24, 2.45) is 4.99 Å². The lowest BCUT2D eigenvalue weighted by Gasteiger charge is -2.15. The predicted molar refractivity (Wildman–Crippen MR) is 82.3 cm³/mol. The van der Waals surface area contributed by atoms with Gasteiger partial charge in [0, 0.05) is 26.2 Å². The Morgan fingerprint density at radius 2 is 1.95 bits per heavy atom. The fourth-order valence-corrected chi connectivity index (χ4v) is 1.86. The van der Waals surface area contributed by atoms with E-state index in [4.69, 9.17) is 0 Å². The average Bonchev–Trinajstić information content (AvgIpc) is 2.33. The van der Waals surface area contributed by atoms with Crippen LogP contribution >= 0.6 is 0 Å². The van der Waals surface area contributed by atoms with Gasteiger partial charge in [0.15, 0.2) is 5.96 Å². The first-order valence-electron chi connectivity index (χ1n) is 6.71. The van der Waals surface area contributed by atoms with Gasteiger partial charge >= 0.3 is 0 Å². The van der Waals surface area contributed by atoms with Crippen LogP contribution in [0.4, 0.5) is 0 Å². The zero-order valence-electron chi connectivity index (χ0n) is 12.7. The molecule has 0 aliphatic carbocycles. The van der Waals surface area contributed by atoms with Gasteiger partial charge in [-0.2, -0.15) is 0 Å². The molecule has 0 bridgehead atoms. The van der Waals surface area contributed by atoms with E-state index in [1.807, 2.05) is 0 Å². The Labute approximate surface area is 116 Å². The summed E-state index contributed by atoms with van der Waals surface area (Å²) in [5.74, 6) is 0.841. The van der Waals surface area contributed by atoms with Crippen LogP contribution in [-0.4, -0.2) is 38.0 Å². The summed E-state index contributed by atoms with van der Waals surface area (Å²) in [5.41, 5.74) is 2.60. The van der Waals surface area contributed by atoms with E-state index in [2.05, 4.69) is 72.7 Å². The first kappa shape index (κ1) is 15.5. The van der Waals surface area contributed by atoms with Gasteiger partial charge in [-0.3, -0.25) is 4.99 Å². The van der Waals surface area contributed by atoms with Gasteiger partial charge in [-0.25, -0.2) is 0 Å². The molecule has 0 aliphatic rings. The van der Waals surface area contributed by atoms with Crippen molar-refractivity contribution in [1.82, 2.24) is 15.5 Å². The second-order valence-electron chi connectivity index (χ2n) is 5.28. The SMILES string of the molecule is CN=C(NCc1cccc(CN(C)C)c1)NC(C)C. The van der Waals surface area contributed by atoms with Crippen LogP contribution in [0.3, 0.4) is 0 Å². The first-order chi connectivity index (χ1) is 9.01. The highest BCUT2D eigenvalue weighted by molar-refractivity contribution is 5.79. The monoisotopic (exact) mass is 262 g/mol. The summed E-state index contributed by atoms with van der Waals surface area (Å²) in [7, 11) is 5.96. The second kappa shape index (κ2) is 7.79. The standard InChI is InChI=1S/C15H26N4/c1-12(2)18-15(16-3)17-10-13-7-6-8-14(9-13)11-19(4)5/h6-9,12H,10-11H2,1-5H3,(H2,16,17,18). The first-order valence-corrected chi connectivity index (χ1v) is 6.71. The van der Waals surface area contributed by atoms with Gasteiger partial charge in [0.1, 0.15) is 0 Å². The molecular weight excluding hydrogens is 236 g/mol. The summed E-state index contributed by atoms with van der Waals surface area (Å²) in [6.45, 7) is 5.95. The van der Waals surface area contributed by atoms with Crippen LogP contribution in [0.1, 0.15) is 25.0 Å². The summed E-state index contributed by atoms with van der Waals surface area (Å²) in [6, 6.07) is 9.01. The molecule has 0 heterocycles. The number of hydrogen-bond donors (Lipinski definition) is 2. The molecule has 2 N–H and O–H groups in total. The number of aliphatic imine (C=N–C) groups is 1. The van der Waals surface area contributed by atoms with Crippen LogP contribution in [-0.2, 0) is 13.1 Å². The van der Waals surface area contributed by atoms with E-state index in [-0.39, 0.29) is 0 Å².